The van der Waals surface area contributed by atoms with Crippen molar-refractivity contribution in [1.29, 1.82) is 0 Å². The molecule has 2 aromatic rings. The Morgan fingerprint density at radius 1 is 0.909 bits per heavy atom. The first kappa shape index (κ1) is 13.6. The molecule has 22 heavy (non-hydrogen) atoms. The van der Waals surface area contributed by atoms with Crippen LogP contribution in [0.1, 0.15) is 47.9 Å². The van der Waals surface area contributed by atoms with Crippen molar-refractivity contribution in [2.45, 2.75) is 25.7 Å². The minimum Gasteiger partial charge on any atom is -0.466 e. The highest BCUT2D eigenvalue weighted by molar-refractivity contribution is 5.78. The monoisotopic (exact) mass is 292 g/mol. The Morgan fingerprint density at radius 2 is 1.36 bits per heavy atom. The number of fused-ring (bicyclic) bond motifs is 1. The van der Waals surface area contributed by atoms with Crippen molar-refractivity contribution in [1.82, 2.24) is 0 Å². The molecule has 0 saturated heterocycles. The van der Waals surface area contributed by atoms with Gasteiger partial charge in [-0.2, -0.15) is 0 Å². The van der Waals surface area contributed by atoms with Gasteiger partial charge in [0, 0.05) is 11.8 Å². The second-order valence-corrected chi connectivity index (χ2v) is 6.35. The summed E-state index contributed by atoms with van der Waals surface area (Å²) >= 11 is 0. The Kier molecular flexibility index (Phi) is 3.07. The highest BCUT2D eigenvalue weighted by Crippen LogP contribution is 2.58. The molecular weight excluding hydrogens is 272 g/mol. The molecule has 0 fully saturated rings. The highest BCUT2D eigenvalue weighted by Gasteiger charge is 2.51. The number of ether oxygens (including phenoxy) is 1. The van der Waals surface area contributed by atoms with Crippen LogP contribution in [-0.2, 0) is 9.53 Å². The van der Waals surface area contributed by atoms with Crippen LogP contribution in [0.5, 0.6) is 0 Å². The molecule has 0 heterocycles. The molecule has 2 aromatic carbocycles. The zero-order chi connectivity index (χ0) is 15.3. The third-order valence-electron chi connectivity index (χ3n) is 5.34. The predicted octanol–water partition coefficient (Wildman–Crippen LogP) is 4.09. The van der Waals surface area contributed by atoms with E-state index >= 15 is 0 Å². The fourth-order valence-electron chi connectivity index (χ4n) is 4.54. The molecule has 2 bridgehead atoms. The molecule has 2 nitrogen and oxygen atoms in total. The third-order valence-corrected chi connectivity index (χ3v) is 5.34. The number of carbonyl (C=O) groups is 1. The van der Waals surface area contributed by atoms with Crippen LogP contribution in [0.4, 0.5) is 0 Å². The van der Waals surface area contributed by atoms with Gasteiger partial charge in [-0.05, 0) is 35.1 Å². The molecule has 0 aromatic heterocycles. The molecule has 2 unspecified atom stereocenters. The molecule has 0 N–H and O–H groups in total. The van der Waals surface area contributed by atoms with Gasteiger partial charge in [-0.1, -0.05) is 55.5 Å². The second kappa shape index (κ2) is 4.98. The van der Waals surface area contributed by atoms with Crippen molar-refractivity contribution in [3.05, 3.63) is 70.8 Å². The van der Waals surface area contributed by atoms with E-state index in [1.807, 2.05) is 6.92 Å². The Balaban J connectivity index is 1.94. The van der Waals surface area contributed by atoms with Gasteiger partial charge in [0.1, 0.15) is 0 Å². The van der Waals surface area contributed by atoms with E-state index in [1.54, 1.807) is 0 Å². The molecule has 0 radical (unpaired) electrons. The first-order valence-corrected chi connectivity index (χ1v) is 8.08. The molecule has 5 rings (SSSR count). The molecule has 3 aliphatic rings. The minimum atomic E-state index is -0.0743. The van der Waals surface area contributed by atoms with Crippen molar-refractivity contribution in [2.24, 2.45) is 11.8 Å². The molecule has 0 amide bonds. The van der Waals surface area contributed by atoms with E-state index in [-0.39, 0.29) is 23.7 Å². The molecule has 0 saturated carbocycles. The zero-order valence-corrected chi connectivity index (χ0v) is 13.0. The maximum absolute atomic E-state index is 12.6. The summed E-state index contributed by atoms with van der Waals surface area (Å²) in [7, 11) is 0. The Morgan fingerprint density at radius 3 is 1.82 bits per heavy atom. The van der Waals surface area contributed by atoms with Crippen LogP contribution in [0.3, 0.4) is 0 Å². The lowest BCUT2D eigenvalue weighted by Crippen LogP contribution is -2.43. The molecular formula is C20H20O2. The summed E-state index contributed by atoms with van der Waals surface area (Å²) in [6.07, 6.45) is 0. The zero-order valence-electron chi connectivity index (χ0n) is 13.0. The van der Waals surface area contributed by atoms with Gasteiger partial charge in [0.2, 0.25) is 0 Å². The van der Waals surface area contributed by atoms with Crippen molar-refractivity contribution < 1.29 is 9.53 Å². The topological polar surface area (TPSA) is 26.3 Å². The number of hydrogen-bond acceptors (Lipinski definition) is 2. The molecule has 0 aliphatic heterocycles. The summed E-state index contributed by atoms with van der Waals surface area (Å²) in [5.41, 5.74) is 5.39. The summed E-state index contributed by atoms with van der Waals surface area (Å²) in [5.74, 6) is 0.580. The fourth-order valence-corrected chi connectivity index (χ4v) is 4.54. The van der Waals surface area contributed by atoms with Crippen LogP contribution in [0.2, 0.25) is 0 Å². The van der Waals surface area contributed by atoms with Crippen LogP contribution in [-0.4, -0.2) is 12.6 Å². The summed E-state index contributed by atoms with van der Waals surface area (Å²) in [6, 6.07) is 17.2. The predicted molar refractivity (Wildman–Crippen MR) is 85.9 cm³/mol. The van der Waals surface area contributed by atoms with E-state index < -0.39 is 0 Å². The third kappa shape index (κ3) is 1.70. The first-order chi connectivity index (χ1) is 10.7. The van der Waals surface area contributed by atoms with E-state index in [0.29, 0.717) is 12.5 Å². The number of esters is 1. The number of benzene rings is 2. The van der Waals surface area contributed by atoms with Gasteiger partial charge in [-0.15, -0.1) is 0 Å². The molecule has 0 spiro atoms. The first-order valence-electron chi connectivity index (χ1n) is 8.08. The lowest BCUT2D eigenvalue weighted by Gasteiger charge is -2.48. The van der Waals surface area contributed by atoms with Crippen LogP contribution in [0.15, 0.2) is 48.5 Å². The normalized spacial score (nSPS) is 27.9. The minimum absolute atomic E-state index is 0.0472. The van der Waals surface area contributed by atoms with E-state index in [0.717, 1.165) is 0 Å². The van der Waals surface area contributed by atoms with Gasteiger partial charge < -0.3 is 4.74 Å². The quantitative estimate of drug-likeness (QED) is 0.779. The smallest absolute Gasteiger partial charge is 0.310 e. The van der Waals surface area contributed by atoms with Crippen LogP contribution >= 0.6 is 0 Å². The summed E-state index contributed by atoms with van der Waals surface area (Å²) in [5, 5.41) is 0. The molecule has 2 heteroatoms. The maximum Gasteiger partial charge on any atom is 0.310 e. The van der Waals surface area contributed by atoms with Crippen LogP contribution < -0.4 is 0 Å². The van der Waals surface area contributed by atoms with Gasteiger partial charge in [0.15, 0.2) is 0 Å². The van der Waals surface area contributed by atoms with Gasteiger partial charge in [0.25, 0.3) is 0 Å². The van der Waals surface area contributed by atoms with E-state index in [4.69, 9.17) is 4.74 Å². The molecule has 3 aliphatic carbocycles. The van der Waals surface area contributed by atoms with Crippen molar-refractivity contribution in [3.63, 3.8) is 0 Å². The van der Waals surface area contributed by atoms with Gasteiger partial charge in [0.05, 0.1) is 12.5 Å². The number of rotatable bonds is 2. The second-order valence-electron chi connectivity index (χ2n) is 6.35. The van der Waals surface area contributed by atoms with Crippen molar-refractivity contribution >= 4 is 5.97 Å². The van der Waals surface area contributed by atoms with E-state index in [1.165, 1.54) is 22.3 Å². The average molecular weight is 292 g/mol. The van der Waals surface area contributed by atoms with Gasteiger partial charge in [-0.3, -0.25) is 4.79 Å². The lowest BCUT2D eigenvalue weighted by molar-refractivity contribution is -0.151. The summed E-state index contributed by atoms with van der Waals surface area (Å²) < 4.78 is 5.40. The van der Waals surface area contributed by atoms with Crippen molar-refractivity contribution in [2.75, 3.05) is 6.61 Å². The van der Waals surface area contributed by atoms with E-state index in [2.05, 4.69) is 55.5 Å². The Bertz CT molecular complexity index is 686. The van der Waals surface area contributed by atoms with Gasteiger partial charge >= 0.3 is 5.97 Å². The maximum atomic E-state index is 12.6. The molecule has 112 valence electrons. The van der Waals surface area contributed by atoms with E-state index in [9.17, 15) is 4.79 Å². The largest absolute Gasteiger partial charge is 0.466 e. The number of carbonyl (C=O) groups excluding carboxylic acids is 1. The lowest BCUT2D eigenvalue weighted by atomic mass is 9.54. The Labute approximate surface area is 131 Å². The fraction of sp³-hybridized carbons (Fsp3) is 0.350. The average Bonchev–Trinajstić information content (AvgIpc) is 2.55. The SMILES string of the molecule is CCOC(=O)C1C2c3ccccc3C(c3ccccc32)C1C. The van der Waals surface area contributed by atoms with Crippen LogP contribution in [0, 0.1) is 11.8 Å². The molecule has 2 atom stereocenters. The highest BCUT2D eigenvalue weighted by atomic mass is 16.5. The van der Waals surface area contributed by atoms with Crippen molar-refractivity contribution in [3.8, 4) is 0 Å². The van der Waals surface area contributed by atoms with Crippen LogP contribution in [0.25, 0.3) is 0 Å². The number of hydrogen-bond donors (Lipinski definition) is 0. The standard InChI is InChI=1S/C20H20O2/c1-3-22-20(21)18-12(2)17-13-8-4-6-10-15(13)19(18)16-11-7-5-9-14(16)17/h4-12,17-19H,3H2,1-2H3. The van der Waals surface area contributed by atoms with Gasteiger partial charge in [-0.25, -0.2) is 0 Å². The summed E-state index contributed by atoms with van der Waals surface area (Å²) in [4.78, 5) is 12.6. The Hall–Kier alpha value is -2.09. The summed E-state index contributed by atoms with van der Waals surface area (Å²) in [6.45, 7) is 4.53.